The molecule has 0 spiro atoms. The van der Waals surface area contributed by atoms with Gasteiger partial charge in [-0.05, 0) is 0 Å². The molecule has 0 unspecified atom stereocenters. The molecule has 0 saturated carbocycles. The summed E-state index contributed by atoms with van der Waals surface area (Å²) in [5.41, 5.74) is 0. The van der Waals surface area contributed by atoms with Crippen molar-refractivity contribution in [3.05, 3.63) is 10.6 Å². The Kier molecular flexibility index (Phi) is 6.93. The minimum absolute atomic E-state index is 0.348. The van der Waals surface area contributed by atoms with Crippen LogP contribution in [0.1, 0.15) is 0 Å². The van der Waals surface area contributed by atoms with E-state index in [0.29, 0.717) is 4.49 Å². The average molecular weight is 346 g/mol. The molecule has 0 radical (unpaired) electrons. The normalized spacial score (nSPS) is 7.29. The summed E-state index contributed by atoms with van der Waals surface area (Å²) in [6, 6.07) is 0. The molecule has 0 aliphatic carbocycles. The zero-order chi connectivity index (χ0) is 5.70. The molecule has 0 amide bonds. The molecule has 7 heavy (non-hydrogen) atoms. The molecular weight excluding hydrogens is 343 g/mol. The average Bonchev–Trinajstić information content (AvgIpc) is 1.61. The van der Waals surface area contributed by atoms with Crippen LogP contribution in [0.3, 0.4) is 0 Å². The van der Waals surface area contributed by atoms with Crippen molar-refractivity contribution in [2.75, 3.05) is 0 Å². The van der Waals surface area contributed by atoms with E-state index in [1.54, 1.807) is 6.08 Å². The van der Waals surface area contributed by atoms with Crippen LogP contribution >= 0.6 is 31.5 Å². The predicted molar refractivity (Wildman–Crippen MR) is 30.4 cm³/mol. The fourth-order valence-electron chi connectivity index (χ4n) is 0.164. The first-order chi connectivity index (χ1) is 3.27. The van der Waals surface area contributed by atoms with Crippen molar-refractivity contribution < 1.29 is 23.3 Å². The van der Waals surface area contributed by atoms with Crippen LogP contribution in [-0.2, 0) is 23.3 Å². The summed E-state index contributed by atoms with van der Waals surface area (Å²) in [5, 5.41) is 0. The summed E-state index contributed by atoms with van der Waals surface area (Å²) in [6.45, 7) is 0. The first kappa shape index (κ1) is 8.55. The minimum atomic E-state index is -0.986. The Hall–Kier alpha value is 1.55. The van der Waals surface area contributed by atoms with Gasteiger partial charge in [-0.1, -0.05) is 0 Å². The van der Waals surface area contributed by atoms with Gasteiger partial charge in [0, 0.05) is 0 Å². The Balaban J connectivity index is 3.08. The second-order valence-electron chi connectivity index (χ2n) is 0.971. The summed E-state index contributed by atoms with van der Waals surface area (Å²) in [4.78, 5) is 0. The maximum absolute atomic E-state index is 5.51. The van der Waals surface area contributed by atoms with Crippen molar-refractivity contribution in [2.45, 2.75) is 3.93 Å². The van der Waals surface area contributed by atoms with Crippen LogP contribution < -0.4 is 0 Å². The van der Waals surface area contributed by atoms with Gasteiger partial charge in [-0.2, -0.15) is 0 Å². The van der Waals surface area contributed by atoms with Gasteiger partial charge in [0.05, 0.1) is 0 Å². The first-order valence-electron chi connectivity index (χ1n) is 1.84. The van der Waals surface area contributed by atoms with E-state index in [1.807, 2.05) is 0 Å². The van der Waals surface area contributed by atoms with Crippen LogP contribution in [0.5, 0.6) is 0 Å². The molecule has 0 saturated heterocycles. The Morgan fingerprint density at radius 1 is 1.57 bits per heavy atom. The van der Waals surface area contributed by atoms with E-state index >= 15 is 0 Å². The third-order valence-electron chi connectivity index (χ3n) is 0.408. The quantitative estimate of drug-likeness (QED) is 0.675. The monoisotopic (exact) mass is 346 g/mol. The van der Waals surface area contributed by atoms with Crippen LogP contribution in [0.25, 0.3) is 0 Å². The number of rotatable bonds is 2. The fraction of sp³-hybridized carbons (Fsp3) is 0.333. The molecule has 0 heterocycles. The Morgan fingerprint density at radius 2 is 2.14 bits per heavy atom. The second-order valence-corrected chi connectivity index (χ2v) is 9.01. The third-order valence-corrected chi connectivity index (χ3v) is 4.60. The molecule has 0 aromatic carbocycles. The summed E-state index contributed by atoms with van der Waals surface area (Å²) in [7, 11) is 5.51. The molecule has 0 aliphatic rings. The molecule has 0 aromatic rings. The molecule has 4 heteroatoms. The van der Waals surface area contributed by atoms with E-state index in [1.165, 1.54) is 0 Å². The summed E-state index contributed by atoms with van der Waals surface area (Å²) in [6.07, 6.45) is 1.76. The molecular formula is C3H3Cl3Hg. The van der Waals surface area contributed by atoms with Crippen molar-refractivity contribution >= 4 is 31.5 Å². The van der Waals surface area contributed by atoms with Crippen LogP contribution in [0.4, 0.5) is 0 Å². The second kappa shape index (κ2) is 5.68. The standard InChI is InChI=1S/C3H3Cl2.ClH.Hg/c1-2-3(4)5;;/h2H,1H2;1H;/q;;+1/p-1. The van der Waals surface area contributed by atoms with Crippen molar-refractivity contribution in [2.24, 2.45) is 0 Å². The summed E-state index contributed by atoms with van der Waals surface area (Å²) in [5.74, 6) is 0. The molecule has 0 N–H and O–H groups in total. The number of allylic oxidation sites excluding steroid dienone is 1. The number of hydrogen-bond donors (Lipinski definition) is 0. The first-order valence-corrected chi connectivity index (χ1v) is 13.3. The maximum atomic E-state index is 5.51. The van der Waals surface area contributed by atoms with Gasteiger partial charge in [0.2, 0.25) is 0 Å². The Morgan fingerprint density at radius 3 is 2.29 bits per heavy atom. The SMILES string of the molecule is [Cl][Hg][CH2]C=C(Cl)Cl. The van der Waals surface area contributed by atoms with Crippen LogP contribution in [0.2, 0.25) is 3.93 Å². The Labute approximate surface area is 68.7 Å². The summed E-state index contributed by atoms with van der Waals surface area (Å²) >= 11 is 9.53. The van der Waals surface area contributed by atoms with Gasteiger partial charge in [0.25, 0.3) is 0 Å². The van der Waals surface area contributed by atoms with Crippen molar-refractivity contribution in [1.29, 1.82) is 0 Å². The van der Waals surface area contributed by atoms with Gasteiger partial charge in [-0.3, -0.25) is 0 Å². The van der Waals surface area contributed by atoms with Crippen LogP contribution in [-0.4, -0.2) is 0 Å². The fourth-order valence-corrected chi connectivity index (χ4v) is 4.31. The van der Waals surface area contributed by atoms with E-state index < -0.39 is 23.3 Å². The van der Waals surface area contributed by atoms with E-state index in [-0.39, 0.29) is 0 Å². The number of hydrogen-bond acceptors (Lipinski definition) is 0. The van der Waals surface area contributed by atoms with Gasteiger partial charge >= 0.3 is 69.3 Å². The van der Waals surface area contributed by atoms with Crippen LogP contribution in [0, 0.1) is 0 Å². The zero-order valence-electron chi connectivity index (χ0n) is 3.63. The van der Waals surface area contributed by atoms with Gasteiger partial charge in [-0.25, -0.2) is 0 Å². The van der Waals surface area contributed by atoms with Crippen molar-refractivity contribution in [3.63, 3.8) is 0 Å². The van der Waals surface area contributed by atoms with E-state index in [9.17, 15) is 0 Å². The van der Waals surface area contributed by atoms with Gasteiger partial charge in [-0.15, -0.1) is 0 Å². The molecule has 0 nitrogen and oxygen atoms in total. The molecule has 0 aromatic heterocycles. The van der Waals surface area contributed by atoms with Gasteiger partial charge in [0.1, 0.15) is 0 Å². The van der Waals surface area contributed by atoms with E-state index in [2.05, 4.69) is 0 Å². The molecule has 38 valence electrons. The zero-order valence-corrected chi connectivity index (χ0v) is 11.4. The Bertz CT molecular complexity index is 66.6. The van der Waals surface area contributed by atoms with E-state index in [0.717, 1.165) is 3.93 Å². The molecule has 0 aliphatic heterocycles. The third kappa shape index (κ3) is 7.55. The molecule has 0 fully saturated rings. The summed E-state index contributed by atoms with van der Waals surface area (Å²) < 4.78 is 1.31. The topological polar surface area (TPSA) is 0 Å². The molecule has 0 bridgehead atoms. The van der Waals surface area contributed by atoms with E-state index in [4.69, 9.17) is 31.5 Å². The molecule has 0 rings (SSSR count). The van der Waals surface area contributed by atoms with Gasteiger partial charge < -0.3 is 0 Å². The van der Waals surface area contributed by atoms with Gasteiger partial charge in [0.15, 0.2) is 0 Å². The predicted octanol–water partition coefficient (Wildman–Crippen LogP) is 2.96. The number of halogens is 3. The van der Waals surface area contributed by atoms with Crippen molar-refractivity contribution in [3.8, 4) is 0 Å². The molecule has 0 atom stereocenters. The van der Waals surface area contributed by atoms with Crippen LogP contribution in [0.15, 0.2) is 10.6 Å². The van der Waals surface area contributed by atoms with Crippen molar-refractivity contribution in [1.82, 2.24) is 0 Å².